The van der Waals surface area contributed by atoms with Gasteiger partial charge in [0.25, 0.3) is 0 Å². The lowest BCUT2D eigenvalue weighted by atomic mass is 10.2. The second-order valence-electron chi connectivity index (χ2n) is 4.42. The maximum atomic E-state index is 6.10. The molecular weight excluding hydrogens is 282 g/mol. The van der Waals surface area contributed by atoms with E-state index < -0.39 is 0 Å². The van der Waals surface area contributed by atoms with Crippen LogP contribution in [0.1, 0.15) is 30.6 Å². The lowest BCUT2D eigenvalue weighted by Crippen LogP contribution is -2.13. The van der Waals surface area contributed by atoms with Crippen LogP contribution in [-0.2, 0) is 5.75 Å². The van der Waals surface area contributed by atoms with Gasteiger partial charge in [-0.05, 0) is 31.5 Å². The minimum Gasteiger partial charge on any atom is -0.338 e. The molecule has 19 heavy (non-hydrogen) atoms. The van der Waals surface area contributed by atoms with Gasteiger partial charge in [-0.15, -0.1) is 11.8 Å². The van der Waals surface area contributed by atoms with Crippen LogP contribution in [0.2, 0.25) is 5.02 Å². The molecule has 0 unspecified atom stereocenters. The summed E-state index contributed by atoms with van der Waals surface area (Å²) in [6.07, 6.45) is 2.23. The summed E-state index contributed by atoms with van der Waals surface area (Å²) >= 11 is 7.72. The third kappa shape index (κ3) is 3.11. The Morgan fingerprint density at radius 3 is 3.11 bits per heavy atom. The van der Waals surface area contributed by atoms with Crippen LogP contribution in [0.15, 0.2) is 33.7 Å². The lowest BCUT2D eigenvalue weighted by molar-refractivity contribution is 0.342. The number of hydrogen-bond acceptors (Lipinski definition) is 5. The van der Waals surface area contributed by atoms with E-state index in [-0.39, 0.29) is 6.04 Å². The van der Waals surface area contributed by atoms with Crippen molar-refractivity contribution >= 4 is 23.4 Å². The molecule has 1 aromatic carbocycles. The van der Waals surface area contributed by atoms with E-state index in [4.69, 9.17) is 16.1 Å². The van der Waals surface area contributed by atoms with E-state index in [9.17, 15) is 0 Å². The topological polar surface area (TPSA) is 51.0 Å². The van der Waals surface area contributed by atoms with Crippen LogP contribution in [-0.4, -0.2) is 16.7 Å². The van der Waals surface area contributed by atoms with Gasteiger partial charge >= 0.3 is 0 Å². The van der Waals surface area contributed by atoms with Gasteiger partial charge in [-0.3, -0.25) is 0 Å². The zero-order valence-electron chi connectivity index (χ0n) is 10.3. The van der Waals surface area contributed by atoms with Gasteiger partial charge in [-0.25, -0.2) is 0 Å². The smallest absolute Gasteiger partial charge is 0.243 e. The van der Waals surface area contributed by atoms with Gasteiger partial charge in [0, 0.05) is 4.90 Å². The Labute approximate surface area is 120 Å². The summed E-state index contributed by atoms with van der Waals surface area (Å²) in [5.41, 5.74) is 0. The van der Waals surface area contributed by atoms with Gasteiger partial charge in [0.15, 0.2) is 5.82 Å². The van der Waals surface area contributed by atoms with Gasteiger partial charge in [0.05, 0.1) is 16.8 Å². The normalized spacial score (nSPS) is 18.9. The van der Waals surface area contributed by atoms with E-state index in [1.165, 1.54) is 0 Å². The van der Waals surface area contributed by atoms with E-state index in [2.05, 4.69) is 15.5 Å². The minimum absolute atomic E-state index is 0.228. The molecule has 1 aliphatic heterocycles. The van der Waals surface area contributed by atoms with Crippen molar-refractivity contribution in [3.8, 4) is 0 Å². The maximum absolute atomic E-state index is 6.10. The number of halogens is 1. The van der Waals surface area contributed by atoms with Gasteiger partial charge in [-0.2, -0.15) is 4.98 Å². The molecular formula is C13H14ClN3OS. The monoisotopic (exact) mass is 295 g/mol. The fraction of sp³-hybridized carbons (Fsp3) is 0.385. The minimum atomic E-state index is 0.228. The largest absolute Gasteiger partial charge is 0.338 e. The zero-order chi connectivity index (χ0) is 13.1. The van der Waals surface area contributed by atoms with Gasteiger partial charge in [0.2, 0.25) is 5.89 Å². The average molecular weight is 296 g/mol. The Balaban J connectivity index is 1.63. The molecule has 0 radical (unpaired) electrons. The Morgan fingerprint density at radius 1 is 1.42 bits per heavy atom. The highest BCUT2D eigenvalue weighted by atomic mass is 35.5. The van der Waals surface area contributed by atoms with E-state index in [0.29, 0.717) is 17.5 Å². The predicted molar refractivity (Wildman–Crippen MR) is 75.3 cm³/mol. The number of nitrogens with one attached hydrogen (secondary N) is 1. The highest BCUT2D eigenvalue weighted by molar-refractivity contribution is 7.98. The predicted octanol–water partition coefficient (Wildman–Crippen LogP) is 3.44. The third-order valence-corrected chi connectivity index (χ3v) is 4.55. The van der Waals surface area contributed by atoms with E-state index >= 15 is 0 Å². The molecule has 0 saturated carbocycles. The molecule has 1 fully saturated rings. The SMILES string of the molecule is Clc1ccccc1SCc1noc([C@H]2CCCN2)n1. The number of aromatic nitrogens is 2. The Hall–Kier alpha value is -1.04. The van der Waals surface area contributed by atoms with Crippen molar-refractivity contribution < 1.29 is 4.52 Å². The van der Waals surface area contributed by atoms with E-state index in [0.717, 1.165) is 29.3 Å². The van der Waals surface area contributed by atoms with Crippen LogP contribution >= 0.6 is 23.4 Å². The van der Waals surface area contributed by atoms with Crippen LogP contribution in [0, 0.1) is 0 Å². The third-order valence-electron chi connectivity index (χ3n) is 3.04. The maximum Gasteiger partial charge on any atom is 0.243 e. The fourth-order valence-electron chi connectivity index (χ4n) is 2.07. The van der Waals surface area contributed by atoms with Crippen LogP contribution in [0.3, 0.4) is 0 Å². The summed E-state index contributed by atoms with van der Waals surface area (Å²) in [6, 6.07) is 8.00. The van der Waals surface area contributed by atoms with E-state index in [1.54, 1.807) is 11.8 Å². The van der Waals surface area contributed by atoms with Gasteiger partial charge < -0.3 is 9.84 Å². The summed E-state index contributed by atoms with van der Waals surface area (Å²) in [6.45, 7) is 1.02. The Bertz CT molecular complexity index is 554. The molecule has 1 N–H and O–H groups in total. The average Bonchev–Trinajstić information content (AvgIpc) is 3.09. The van der Waals surface area contributed by atoms with Gasteiger partial charge in [-0.1, -0.05) is 28.9 Å². The highest BCUT2D eigenvalue weighted by Gasteiger charge is 2.22. The first kappa shape index (κ1) is 13.0. The molecule has 0 spiro atoms. The summed E-state index contributed by atoms with van der Waals surface area (Å²) in [5, 5.41) is 8.12. The van der Waals surface area contributed by atoms with Crippen LogP contribution in [0.25, 0.3) is 0 Å². The molecule has 1 saturated heterocycles. The molecule has 1 atom stereocenters. The van der Waals surface area contributed by atoms with Crippen molar-refractivity contribution in [2.45, 2.75) is 29.5 Å². The summed E-state index contributed by atoms with van der Waals surface area (Å²) in [5.74, 6) is 2.08. The van der Waals surface area contributed by atoms with Crippen LogP contribution in [0.5, 0.6) is 0 Å². The lowest BCUT2D eigenvalue weighted by Gasteiger charge is -2.02. The molecule has 2 aromatic rings. The van der Waals surface area contributed by atoms with Crippen molar-refractivity contribution in [3.05, 3.63) is 41.0 Å². The first-order valence-corrected chi connectivity index (χ1v) is 7.62. The molecule has 6 heteroatoms. The molecule has 100 valence electrons. The first-order valence-electron chi connectivity index (χ1n) is 6.26. The van der Waals surface area contributed by atoms with E-state index in [1.807, 2.05) is 24.3 Å². The molecule has 1 aliphatic rings. The molecule has 4 nitrogen and oxygen atoms in total. The quantitative estimate of drug-likeness (QED) is 0.876. The highest BCUT2D eigenvalue weighted by Crippen LogP contribution is 2.29. The number of hydrogen-bond donors (Lipinski definition) is 1. The summed E-state index contributed by atoms with van der Waals surface area (Å²) in [7, 11) is 0. The van der Waals surface area contributed by atoms with Crippen LogP contribution < -0.4 is 5.32 Å². The number of thioether (sulfide) groups is 1. The molecule has 0 amide bonds. The number of rotatable bonds is 4. The van der Waals surface area contributed by atoms with Crippen LogP contribution in [0.4, 0.5) is 0 Å². The second-order valence-corrected chi connectivity index (χ2v) is 5.84. The molecule has 2 heterocycles. The van der Waals surface area contributed by atoms with Crippen molar-refractivity contribution in [2.75, 3.05) is 6.54 Å². The Morgan fingerprint density at radius 2 is 2.32 bits per heavy atom. The molecule has 3 rings (SSSR count). The fourth-order valence-corrected chi connectivity index (χ4v) is 3.15. The molecule has 0 aliphatic carbocycles. The Kier molecular flexibility index (Phi) is 4.06. The summed E-state index contributed by atoms with van der Waals surface area (Å²) < 4.78 is 5.30. The zero-order valence-corrected chi connectivity index (χ0v) is 11.9. The first-order chi connectivity index (χ1) is 9.33. The standard InChI is InChI=1S/C13H14ClN3OS/c14-9-4-1-2-6-11(9)19-8-12-16-13(18-17-12)10-5-3-7-15-10/h1-2,4,6,10,15H,3,5,7-8H2/t10-/m1/s1. The number of benzene rings is 1. The van der Waals surface area contributed by atoms with Crippen molar-refractivity contribution in [1.82, 2.24) is 15.5 Å². The second kappa shape index (κ2) is 5.94. The molecule has 0 bridgehead atoms. The number of nitrogens with zero attached hydrogens (tertiary/aromatic N) is 2. The van der Waals surface area contributed by atoms with Crippen molar-refractivity contribution in [2.24, 2.45) is 0 Å². The molecule has 1 aromatic heterocycles. The summed E-state index contributed by atoms with van der Waals surface area (Å²) in [4.78, 5) is 5.47. The van der Waals surface area contributed by atoms with Gasteiger partial charge in [0.1, 0.15) is 0 Å². The van der Waals surface area contributed by atoms with Crippen molar-refractivity contribution in [3.63, 3.8) is 0 Å². The van der Waals surface area contributed by atoms with Crippen molar-refractivity contribution in [1.29, 1.82) is 0 Å².